The van der Waals surface area contributed by atoms with Crippen LogP contribution in [0, 0.1) is 0 Å². The highest BCUT2D eigenvalue weighted by Gasteiger charge is 2.40. The van der Waals surface area contributed by atoms with E-state index in [-0.39, 0.29) is 16.8 Å². The molecule has 24 heavy (non-hydrogen) atoms. The van der Waals surface area contributed by atoms with Gasteiger partial charge in [0.25, 0.3) is 5.91 Å². The predicted molar refractivity (Wildman–Crippen MR) is 89.4 cm³/mol. The molecule has 2 saturated heterocycles. The molecule has 2 aliphatic heterocycles. The van der Waals surface area contributed by atoms with E-state index >= 15 is 0 Å². The van der Waals surface area contributed by atoms with Crippen LogP contribution in [0.2, 0.25) is 0 Å². The Kier molecular flexibility index (Phi) is 5.19. The highest BCUT2D eigenvalue weighted by atomic mass is 32.2. The normalized spacial score (nSPS) is 23.0. The van der Waals surface area contributed by atoms with Gasteiger partial charge in [-0.25, -0.2) is 13.1 Å². The number of carbonyl (C=O) groups is 1. The highest BCUT2D eigenvalue weighted by Crippen LogP contribution is 2.25. The summed E-state index contributed by atoms with van der Waals surface area (Å²) < 4.78 is 31.8. The summed E-state index contributed by atoms with van der Waals surface area (Å²) in [6.07, 6.45) is 1.61. The second-order valence-electron chi connectivity index (χ2n) is 6.22. The van der Waals surface area contributed by atoms with Crippen molar-refractivity contribution in [2.24, 2.45) is 0 Å². The molecule has 2 bridgehead atoms. The smallest absolute Gasteiger partial charge is 0.254 e. The third-order valence-corrected chi connectivity index (χ3v) is 6.02. The summed E-state index contributed by atoms with van der Waals surface area (Å²) in [6.45, 7) is 2.39. The summed E-state index contributed by atoms with van der Waals surface area (Å²) in [7, 11) is -1.98. The fourth-order valence-electron chi connectivity index (χ4n) is 3.26. The number of benzene rings is 1. The number of nitrogens with zero attached hydrogens (tertiary/aromatic N) is 1. The van der Waals surface area contributed by atoms with Gasteiger partial charge in [-0.1, -0.05) is 0 Å². The Bertz CT molecular complexity index is 690. The molecular formula is C16H23N3O4S. The van der Waals surface area contributed by atoms with Gasteiger partial charge in [0.05, 0.1) is 4.90 Å². The number of likely N-dealkylation sites (tertiary alicyclic amines) is 1. The Hall–Kier alpha value is -1.48. The van der Waals surface area contributed by atoms with Crippen molar-refractivity contribution >= 4 is 15.9 Å². The molecule has 0 unspecified atom stereocenters. The quantitative estimate of drug-likeness (QED) is 0.683. The first-order valence-electron chi connectivity index (χ1n) is 8.14. The maximum atomic E-state index is 12.6. The number of rotatable bonds is 7. The van der Waals surface area contributed by atoms with Crippen molar-refractivity contribution in [3.8, 4) is 0 Å². The van der Waals surface area contributed by atoms with E-state index in [1.165, 1.54) is 12.1 Å². The molecule has 0 aromatic heterocycles. The number of hydrogen-bond donors (Lipinski definition) is 2. The SMILES string of the molecule is COCCCNS(=O)(=O)c1ccc(C(=O)N2C[C@@H]3C[C@H]2CN3)cc1. The maximum Gasteiger partial charge on any atom is 0.254 e. The van der Waals surface area contributed by atoms with E-state index in [4.69, 9.17) is 4.74 Å². The molecule has 8 heteroatoms. The van der Waals surface area contributed by atoms with E-state index in [2.05, 4.69) is 10.0 Å². The number of piperazine rings is 1. The lowest BCUT2D eigenvalue weighted by atomic mass is 10.2. The maximum absolute atomic E-state index is 12.6. The Balaban J connectivity index is 1.63. The highest BCUT2D eigenvalue weighted by molar-refractivity contribution is 7.89. The fourth-order valence-corrected chi connectivity index (χ4v) is 4.33. The summed E-state index contributed by atoms with van der Waals surface area (Å²) >= 11 is 0. The molecule has 3 rings (SSSR count). The standard InChI is InChI=1S/C16H23N3O4S/c1-23-8-2-7-18-24(21,22)15-5-3-12(4-6-15)16(20)19-11-13-9-14(19)10-17-13/h3-6,13-14,17-18H,2,7-11H2,1H3/t13-,14-/m0/s1. The second-order valence-corrected chi connectivity index (χ2v) is 7.99. The first-order valence-corrected chi connectivity index (χ1v) is 9.62. The van der Waals surface area contributed by atoms with E-state index in [1.807, 2.05) is 4.90 Å². The lowest BCUT2D eigenvalue weighted by Gasteiger charge is -2.27. The van der Waals surface area contributed by atoms with Crippen LogP contribution in [-0.4, -0.2) is 64.7 Å². The van der Waals surface area contributed by atoms with Gasteiger partial charge in [-0.2, -0.15) is 0 Å². The summed E-state index contributed by atoms with van der Waals surface area (Å²) in [6, 6.07) is 6.80. The summed E-state index contributed by atoms with van der Waals surface area (Å²) in [5, 5.41) is 3.36. The van der Waals surface area contributed by atoms with Gasteiger partial charge in [-0.3, -0.25) is 4.79 Å². The Labute approximate surface area is 142 Å². The van der Waals surface area contributed by atoms with Crippen molar-refractivity contribution in [1.29, 1.82) is 0 Å². The summed E-state index contributed by atoms with van der Waals surface area (Å²) in [5.41, 5.74) is 0.529. The molecule has 0 aliphatic carbocycles. The van der Waals surface area contributed by atoms with Crippen molar-refractivity contribution in [2.45, 2.75) is 29.8 Å². The number of fused-ring (bicyclic) bond motifs is 2. The van der Waals surface area contributed by atoms with Crippen molar-refractivity contribution in [3.05, 3.63) is 29.8 Å². The van der Waals surface area contributed by atoms with Gasteiger partial charge >= 0.3 is 0 Å². The lowest BCUT2D eigenvalue weighted by molar-refractivity contribution is 0.0716. The minimum absolute atomic E-state index is 0.0269. The molecule has 0 radical (unpaired) electrons. The van der Waals surface area contributed by atoms with Crippen LogP contribution >= 0.6 is 0 Å². The first kappa shape index (κ1) is 17.3. The predicted octanol–water partition coefficient (Wildman–Crippen LogP) is 0.188. The number of carbonyl (C=O) groups excluding carboxylic acids is 1. The summed E-state index contributed by atoms with van der Waals surface area (Å²) in [4.78, 5) is 14.6. The van der Waals surface area contributed by atoms with Crippen molar-refractivity contribution in [1.82, 2.24) is 14.9 Å². The van der Waals surface area contributed by atoms with Gasteiger partial charge in [-0.05, 0) is 37.1 Å². The molecule has 1 aromatic carbocycles. The number of methoxy groups -OCH3 is 1. The van der Waals surface area contributed by atoms with Crippen LogP contribution in [0.5, 0.6) is 0 Å². The summed E-state index contributed by atoms with van der Waals surface area (Å²) in [5.74, 6) is -0.0269. The zero-order valence-electron chi connectivity index (χ0n) is 13.7. The van der Waals surface area contributed by atoms with E-state index in [0.29, 0.717) is 31.2 Å². The third-order valence-electron chi connectivity index (χ3n) is 4.55. The molecule has 2 heterocycles. The van der Waals surface area contributed by atoms with Crippen LogP contribution in [0.1, 0.15) is 23.2 Å². The zero-order chi connectivity index (χ0) is 17.2. The second kappa shape index (κ2) is 7.18. The van der Waals surface area contributed by atoms with E-state index in [0.717, 1.165) is 19.5 Å². The Morgan fingerprint density at radius 3 is 2.71 bits per heavy atom. The number of sulfonamides is 1. The molecule has 2 N–H and O–H groups in total. The van der Waals surface area contributed by atoms with Crippen LogP contribution in [0.3, 0.4) is 0 Å². The number of nitrogens with one attached hydrogen (secondary N) is 2. The number of ether oxygens (including phenoxy) is 1. The van der Waals surface area contributed by atoms with Crippen molar-refractivity contribution in [3.63, 3.8) is 0 Å². The van der Waals surface area contributed by atoms with Crippen LogP contribution in [0.25, 0.3) is 0 Å². The molecular weight excluding hydrogens is 330 g/mol. The van der Waals surface area contributed by atoms with Crippen LogP contribution in [0.15, 0.2) is 29.2 Å². The monoisotopic (exact) mass is 353 g/mol. The fraction of sp³-hybridized carbons (Fsp3) is 0.562. The molecule has 2 aliphatic rings. The number of hydrogen-bond acceptors (Lipinski definition) is 5. The van der Waals surface area contributed by atoms with Gasteiger partial charge in [0.15, 0.2) is 0 Å². The molecule has 1 aromatic rings. The van der Waals surface area contributed by atoms with Gasteiger partial charge in [0, 0.05) is 51.0 Å². The van der Waals surface area contributed by atoms with E-state index in [1.54, 1.807) is 19.2 Å². The topological polar surface area (TPSA) is 87.7 Å². The van der Waals surface area contributed by atoms with E-state index in [9.17, 15) is 13.2 Å². The van der Waals surface area contributed by atoms with E-state index < -0.39 is 10.0 Å². The van der Waals surface area contributed by atoms with Gasteiger partial charge in [0.2, 0.25) is 10.0 Å². The Morgan fingerprint density at radius 1 is 1.38 bits per heavy atom. The first-order chi connectivity index (χ1) is 11.5. The zero-order valence-corrected chi connectivity index (χ0v) is 14.5. The molecule has 0 spiro atoms. The molecule has 7 nitrogen and oxygen atoms in total. The Morgan fingerprint density at radius 2 is 2.12 bits per heavy atom. The molecule has 2 atom stereocenters. The van der Waals surface area contributed by atoms with Crippen molar-refractivity contribution in [2.75, 3.05) is 33.4 Å². The molecule has 1 amide bonds. The van der Waals surface area contributed by atoms with Gasteiger partial charge in [-0.15, -0.1) is 0 Å². The minimum atomic E-state index is -3.55. The minimum Gasteiger partial charge on any atom is -0.385 e. The molecule has 2 fully saturated rings. The van der Waals surface area contributed by atoms with Gasteiger partial charge < -0.3 is 15.0 Å². The molecule has 0 saturated carbocycles. The molecule has 132 valence electrons. The van der Waals surface area contributed by atoms with Crippen molar-refractivity contribution < 1.29 is 17.9 Å². The number of amides is 1. The average Bonchev–Trinajstić information content (AvgIpc) is 3.21. The average molecular weight is 353 g/mol. The van der Waals surface area contributed by atoms with Crippen LogP contribution in [0.4, 0.5) is 0 Å². The van der Waals surface area contributed by atoms with Crippen LogP contribution < -0.4 is 10.0 Å². The largest absolute Gasteiger partial charge is 0.385 e. The van der Waals surface area contributed by atoms with Gasteiger partial charge in [0.1, 0.15) is 0 Å². The lowest BCUT2D eigenvalue weighted by Crippen LogP contribution is -2.46. The third kappa shape index (κ3) is 3.61. The van der Waals surface area contributed by atoms with Crippen LogP contribution in [-0.2, 0) is 14.8 Å².